The predicted molar refractivity (Wildman–Crippen MR) is 41.6 cm³/mol. The van der Waals surface area contributed by atoms with Gasteiger partial charge in [0.2, 0.25) is 0 Å². The van der Waals surface area contributed by atoms with Crippen molar-refractivity contribution in [3.8, 4) is 0 Å². The third-order valence-corrected chi connectivity index (χ3v) is 2.00. The van der Waals surface area contributed by atoms with Crippen LogP contribution in [0.1, 0.15) is 0 Å². The Labute approximate surface area is 66.9 Å². The Bertz CT molecular complexity index is 99.9. The van der Waals surface area contributed by atoms with Crippen molar-refractivity contribution < 1.29 is 4.74 Å². The minimum absolute atomic E-state index is 0. The zero-order valence-corrected chi connectivity index (χ0v) is 6.62. The zero-order chi connectivity index (χ0) is 6.10. The molecule has 2 rings (SSSR count). The quantitative estimate of drug-likeness (QED) is 0.500. The van der Waals surface area contributed by atoms with Gasteiger partial charge < -0.3 is 15.4 Å². The lowest BCUT2D eigenvalue weighted by Gasteiger charge is -2.25. The van der Waals surface area contributed by atoms with Crippen LogP contribution in [0.25, 0.3) is 0 Å². The molecule has 0 aromatic rings. The first-order valence-corrected chi connectivity index (χ1v) is 3.52. The minimum Gasteiger partial charge on any atom is -0.374 e. The number of rotatable bonds is 0. The van der Waals surface area contributed by atoms with Crippen LogP contribution in [0.5, 0.6) is 0 Å². The van der Waals surface area contributed by atoms with Crippen LogP contribution >= 0.6 is 12.4 Å². The molecule has 0 aromatic heterocycles. The summed E-state index contributed by atoms with van der Waals surface area (Å²) in [4.78, 5) is 0. The van der Waals surface area contributed by atoms with Crippen LogP contribution in [-0.2, 0) is 4.74 Å². The van der Waals surface area contributed by atoms with Gasteiger partial charge in [-0.25, -0.2) is 0 Å². The van der Waals surface area contributed by atoms with Crippen LogP contribution in [0.15, 0.2) is 0 Å². The predicted octanol–water partition coefficient (Wildman–Crippen LogP) is -0.632. The normalized spacial score (nSPS) is 38.4. The lowest BCUT2D eigenvalue weighted by atomic mass is 10.2. The van der Waals surface area contributed by atoms with Crippen molar-refractivity contribution in [1.29, 1.82) is 0 Å². The first-order valence-electron chi connectivity index (χ1n) is 3.52. The van der Waals surface area contributed by atoms with E-state index in [4.69, 9.17) is 4.74 Å². The van der Waals surface area contributed by atoms with E-state index in [9.17, 15) is 0 Å². The van der Waals surface area contributed by atoms with Crippen LogP contribution in [0.4, 0.5) is 0 Å². The standard InChI is InChI=1S/C6H12N2O.ClH/c1-2-9-6-4-7-3-5(6)8-1;/h5-8H,1-4H2;1H/t5-,6-;/m1./s1. The van der Waals surface area contributed by atoms with Crippen LogP contribution in [0.3, 0.4) is 0 Å². The zero-order valence-electron chi connectivity index (χ0n) is 5.80. The number of nitrogens with one attached hydrogen (secondary N) is 2. The van der Waals surface area contributed by atoms with Crippen molar-refractivity contribution in [2.45, 2.75) is 12.1 Å². The van der Waals surface area contributed by atoms with E-state index in [1.807, 2.05) is 0 Å². The van der Waals surface area contributed by atoms with Crippen molar-refractivity contribution in [2.24, 2.45) is 0 Å². The van der Waals surface area contributed by atoms with Crippen LogP contribution in [0.2, 0.25) is 0 Å². The Morgan fingerprint density at radius 2 is 2.20 bits per heavy atom. The fourth-order valence-corrected chi connectivity index (χ4v) is 1.49. The van der Waals surface area contributed by atoms with E-state index in [1.54, 1.807) is 0 Å². The van der Waals surface area contributed by atoms with Crippen molar-refractivity contribution in [3.63, 3.8) is 0 Å². The fourth-order valence-electron chi connectivity index (χ4n) is 1.49. The van der Waals surface area contributed by atoms with Gasteiger partial charge in [-0.2, -0.15) is 0 Å². The van der Waals surface area contributed by atoms with E-state index in [0.717, 1.165) is 26.2 Å². The molecule has 2 N–H and O–H groups in total. The van der Waals surface area contributed by atoms with Crippen LogP contribution < -0.4 is 10.6 Å². The maximum atomic E-state index is 5.48. The summed E-state index contributed by atoms with van der Waals surface area (Å²) in [5.74, 6) is 0. The van der Waals surface area contributed by atoms with Gasteiger partial charge in [-0.3, -0.25) is 0 Å². The lowest BCUT2D eigenvalue weighted by molar-refractivity contribution is 0.0207. The average Bonchev–Trinajstić information content (AvgIpc) is 2.33. The molecule has 0 aliphatic carbocycles. The minimum atomic E-state index is 0. The van der Waals surface area contributed by atoms with E-state index in [2.05, 4.69) is 10.6 Å². The molecule has 2 atom stereocenters. The Balaban J connectivity index is 0.000000500. The van der Waals surface area contributed by atoms with Gasteiger partial charge in [0.25, 0.3) is 0 Å². The number of morpholine rings is 1. The Hall–Kier alpha value is 0.170. The molecule has 0 bridgehead atoms. The van der Waals surface area contributed by atoms with Crippen LogP contribution in [-0.4, -0.2) is 38.4 Å². The molecule has 0 spiro atoms. The van der Waals surface area contributed by atoms with Gasteiger partial charge >= 0.3 is 0 Å². The van der Waals surface area contributed by atoms with Gasteiger partial charge in [0.1, 0.15) is 0 Å². The highest BCUT2D eigenvalue weighted by Crippen LogP contribution is 2.07. The molecule has 2 aliphatic rings. The molecule has 2 fully saturated rings. The second-order valence-electron chi connectivity index (χ2n) is 2.63. The Morgan fingerprint density at radius 3 is 3.00 bits per heavy atom. The second-order valence-corrected chi connectivity index (χ2v) is 2.63. The lowest BCUT2D eigenvalue weighted by Crippen LogP contribution is -2.47. The Morgan fingerprint density at radius 1 is 1.30 bits per heavy atom. The summed E-state index contributed by atoms with van der Waals surface area (Å²) in [5.41, 5.74) is 0. The van der Waals surface area contributed by atoms with Gasteiger partial charge in [0.15, 0.2) is 0 Å². The molecular weight excluding hydrogens is 152 g/mol. The molecule has 0 amide bonds. The fraction of sp³-hybridized carbons (Fsp3) is 1.00. The van der Waals surface area contributed by atoms with Gasteiger partial charge in [0, 0.05) is 25.7 Å². The van der Waals surface area contributed by atoms with E-state index in [1.165, 1.54) is 0 Å². The van der Waals surface area contributed by atoms with E-state index in [0.29, 0.717) is 12.1 Å². The van der Waals surface area contributed by atoms with Crippen molar-refractivity contribution >= 4 is 12.4 Å². The summed E-state index contributed by atoms with van der Waals surface area (Å²) in [5, 5.41) is 6.67. The SMILES string of the molecule is C1CO[C@@H]2CNC[C@H]2N1.Cl. The highest BCUT2D eigenvalue weighted by molar-refractivity contribution is 5.85. The molecule has 0 saturated carbocycles. The molecule has 3 nitrogen and oxygen atoms in total. The van der Waals surface area contributed by atoms with Crippen molar-refractivity contribution in [2.75, 3.05) is 26.2 Å². The average molecular weight is 165 g/mol. The summed E-state index contributed by atoms with van der Waals surface area (Å²) in [7, 11) is 0. The number of ether oxygens (including phenoxy) is 1. The first kappa shape index (κ1) is 8.27. The Kier molecular flexibility index (Phi) is 2.92. The second kappa shape index (κ2) is 3.53. The number of hydrogen-bond acceptors (Lipinski definition) is 3. The molecule has 4 heteroatoms. The van der Waals surface area contributed by atoms with Crippen molar-refractivity contribution in [3.05, 3.63) is 0 Å². The van der Waals surface area contributed by atoms with E-state index in [-0.39, 0.29) is 12.4 Å². The largest absolute Gasteiger partial charge is 0.374 e. The summed E-state index contributed by atoms with van der Waals surface area (Å²) in [6.07, 6.45) is 0.443. The number of fused-ring (bicyclic) bond motifs is 1. The maximum Gasteiger partial charge on any atom is 0.0865 e. The first-order chi connectivity index (χ1) is 4.47. The molecule has 2 aliphatic heterocycles. The third-order valence-electron chi connectivity index (χ3n) is 2.00. The van der Waals surface area contributed by atoms with Gasteiger partial charge in [-0.1, -0.05) is 0 Å². The molecule has 2 saturated heterocycles. The summed E-state index contributed by atoms with van der Waals surface area (Å²) in [6, 6.07) is 0.582. The van der Waals surface area contributed by atoms with Gasteiger partial charge in [-0.05, 0) is 0 Å². The highest BCUT2D eigenvalue weighted by atomic mass is 35.5. The van der Waals surface area contributed by atoms with Crippen LogP contribution in [0, 0.1) is 0 Å². The van der Waals surface area contributed by atoms with E-state index >= 15 is 0 Å². The highest BCUT2D eigenvalue weighted by Gasteiger charge is 2.29. The smallest absolute Gasteiger partial charge is 0.0865 e. The molecule has 0 radical (unpaired) electrons. The monoisotopic (exact) mass is 164 g/mol. The molecule has 2 heterocycles. The molecule has 0 unspecified atom stereocenters. The number of halogens is 1. The summed E-state index contributed by atoms with van der Waals surface area (Å²) in [6.45, 7) is 3.99. The summed E-state index contributed by atoms with van der Waals surface area (Å²) >= 11 is 0. The molecule has 60 valence electrons. The van der Waals surface area contributed by atoms with Crippen molar-refractivity contribution in [1.82, 2.24) is 10.6 Å². The summed E-state index contributed by atoms with van der Waals surface area (Å²) < 4.78 is 5.48. The molecule has 10 heavy (non-hydrogen) atoms. The maximum absolute atomic E-state index is 5.48. The molecule has 0 aromatic carbocycles. The molecular formula is C6H13ClN2O. The number of hydrogen-bond donors (Lipinski definition) is 2. The van der Waals surface area contributed by atoms with Gasteiger partial charge in [0.05, 0.1) is 12.7 Å². The van der Waals surface area contributed by atoms with E-state index < -0.39 is 0 Å². The topological polar surface area (TPSA) is 33.3 Å². The third kappa shape index (κ3) is 1.42. The van der Waals surface area contributed by atoms with Gasteiger partial charge in [-0.15, -0.1) is 12.4 Å².